The third-order valence-corrected chi connectivity index (χ3v) is 5.61. The van der Waals surface area contributed by atoms with Crippen LogP contribution in [0.3, 0.4) is 0 Å². The molecule has 2 heterocycles. The Hall–Kier alpha value is -3.74. The lowest BCUT2D eigenvalue weighted by molar-refractivity contribution is -0.137. The molecule has 0 saturated carbocycles. The van der Waals surface area contributed by atoms with Gasteiger partial charge in [0.15, 0.2) is 0 Å². The van der Waals surface area contributed by atoms with Gasteiger partial charge in [0.1, 0.15) is 11.4 Å². The highest BCUT2D eigenvalue weighted by Crippen LogP contribution is 2.38. The van der Waals surface area contributed by atoms with Crippen LogP contribution in [-0.2, 0) is 22.4 Å². The molecule has 0 spiro atoms. The molecule has 1 aromatic heterocycles. The third kappa shape index (κ3) is 4.12. The lowest BCUT2D eigenvalue weighted by atomic mass is 9.92. The standard InChI is InChI=1S/C24H24N2O5/c1-2-31-16-9-7-15(8-10-16)13-20-23-18(17-5-3-4-6-19(17)25-23)11-12-26(20)21(24(29)30)14-22(27)28/h3-10,14,20,25H,2,11-13H2,1H3,(H,27,28)(H,29,30). The first-order chi connectivity index (χ1) is 15.0. The second-order valence-electron chi connectivity index (χ2n) is 7.48. The van der Waals surface area contributed by atoms with Crippen LogP contribution in [0.1, 0.15) is 29.8 Å². The molecular formula is C24H24N2O5. The van der Waals surface area contributed by atoms with Crippen LogP contribution >= 0.6 is 0 Å². The van der Waals surface area contributed by atoms with Gasteiger partial charge in [0.05, 0.1) is 18.7 Å². The number of nitrogens with one attached hydrogen (secondary N) is 1. The van der Waals surface area contributed by atoms with E-state index in [0.717, 1.165) is 39.5 Å². The molecule has 1 atom stereocenters. The summed E-state index contributed by atoms with van der Waals surface area (Å²) < 4.78 is 5.51. The van der Waals surface area contributed by atoms with Crippen molar-refractivity contribution in [1.29, 1.82) is 0 Å². The number of carboxylic acid groups (broad SMARTS) is 2. The molecule has 0 bridgehead atoms. The number of carboxylic acids is 2. The van der Waals surface area contributed by atoms with E-state index in [-0.39, 0.29) is 11.7 Å². The highest BCUT2D eigenvalue weighted by Gasteiger charge is 2.34. The van der Waals surface area contributed by atoms with Gasteiger partial charge in [-0.3, -0.25) is 0 Å². The monoisotopic (exact) mass is 420 g/mol. The number of carbonyl (C=O) groups is 2. The maximum Gasteiger partial charge on any atom is 0.352 e. The number of para-hydroxylation sites is 1. The fourth-order valence-corrected chi connectivity index (χ4v) is 4.32. The summed E-state index contributed by atoms with van der Waals surface area (Å²) in [4.78, 5) is 28.4. The zero-order chi connectivity index (χ0) is 22.0. The number of hydrogen-bond donors (Lipinski definition) is 3. The molecule has 3 aromatic rings. The van der Waals surface area contributed by atoms with Crippen molar-refractivity contribution >= 4 is 22.8 Å². The van der Waals surface area contributed by atoms with Crippen molar-refractivity contribution in [2.75, 3.05) is 13.2 Å². The van der Waals surface area contributed by atoms with E-state index in [1.165, 1.54) is 0 Å². The maximum absolute atomic E-state index is 11.9. The van der Waals surface area contributed by atoms with Crippen LogP contribution in [0.15, 0.2) is 60.3 Å². The van der Waals surface area contributed by atoms with Crippen molar-refractivity contribution < 1.29 is 24.5 Å². The molecule has 3 N–H and O–H groups in total. The minimum Gasteiger partial charge on any atom is -0.494 e. The Kier molecular flexibility index (Phi) is 5.66. The van der Waals surface area contributed by atoms with Gasteiger partial charge < -0.3 is 24.8 Å². The summed E-state index contributed by atoms with van der Waals surface area (Å²) in [5.74, 6) is -1.76. The van der Waals surface area contributed by atoms with Gasteiger partial charge in [-0.15, -0.1) is 0 Å². The summed E-state index contributed by atoms with van der Waals surface area (Å²) in [7, 11) is 0. The summed E-state index contributed by atoms with van der Waals surface area (Å²) in [5, 5.41) is 20.1. The average Bonchev–Trinajstić information content (AvgIpc) is 3.13. The smallest absolute Gasteiger partial charge is 0.352 e. The van der Waals surface area contributed by atoms with Gasteiger partial charge >= 0.3 is 11.9 Å². The Morgan fingerprint density at radius 2 is 1.90 bits per heavy atom. The Morgan fingerprint density at radius 3 is 2.58 bits per heavy atom. The van der Waals surface area contributed by atoms with E-state index >= 15 is 0 Å². The zero-order valence-corrected chi connectivity index (χ0v) is 17.2. The predicted octanol–water partition coefficient (Wildman–Crippen LogP) is 3.76. The molecule has 1 unspecified atom stereocenters. The molecule has 0 amide bonds. The van der Waals surface area contributed by atoms with E-state index in [4.69, 9.17) is 4.74 Å². The van der Waals surface area contributed by atoms with Crippen LogP contribution < -0.4 is 4.74 Å². The summed E-state index contributed by atoms with van der Waals surface area (Å²) >= 11 is 0. The quantitative estimate of drug-likeness (QED) is 0.503. The zero-order valence-electron chi connectivity index (χ0n) is 17.2. The van der Waals surface area contributed by atoms with Crippen LogP contribution in [0.5, 0.6) is 5.75 Å². The first-order valence-electron chi connectivity index (χ1n) is 10.2. The molecular weight excluding hydrogens is 396 g/mol. The highest BCUT2D eigenvalue weighted by molar-refractivity contribution is 5.94. The van der Waals surface area contributed by atoms with Gasteiger partial charge in [0.2, 0.25) is 0 Å². The molecule has 7 nitrogen and oxygen atoms in total. The number of hydrogen-bond acceptors (Lipinski definition) is 4. The molecule has 160 valence electrons. The van der Waals surface area contributed by atoms with Crippen molar-refractivity contribution in [2.24, 2.45) is 0 Å². The number of benzene rings is 2. The second kappa shape index (κ2) is 8.55. The number of H-pyrrole nitrogens is 1. The molecule has 4 rings (SSSR count). The lowest BCUT2D eigenvalue weighted by Gasteiger charge is -2.37. The minimum atomic E-state index is -1.28. The first kappa shape index (κ1) is 20.5. The van der Waals surface area contributed by atoms with Gasteiger partial charge in [-0.25, -0.2) is 9.59 Å². The van der Waals surface area contributed by atoms with Crippen LogP contribution in [0.25, 0.3) is 10.9 Å². The number of aliphatic carboxylic acids is 2. The van der Waals surface area contributed by atoms with Crippen molar-refractivity contribution in [3.8, 4) is 5.75 Å². The van der Waals surface area contributed by atoms with E-state index in [1.54, 1.807) is 4.90 Å². The Labute approximate surface area is 179 Å². The summed E-state index contributed by atoms with van der Waals surface area (Å²) in [5.41, 5.74) is 3.87. The molecule has 1 aliphatic rings. The topological polar surface area (TPSA) is 103 Å². The van der Waals surface area contributed by atoms with E-state index < -0.39 is 11.9 Å². The normalized spacial score (nSPS) is 16.2. The SMILES string of the molecule is CCOc1ccc(CC2c3[nH]c4ccccc4c3CCN2C(=CC(=O)O)C(=O)O)cc1. The number of ether oxygens (including phenoxy) is 1. The molecule has 7 heteroatoms. The Bertz CT molecular complexity index is 1150. The van der Waals surface area contributed by atoms with E-state index in [9.17, 15) is 19.8 Å². The van der Waals surface area contributed by atoms with E-state index in [1.807, 2.05) is 49.4 Å². The fourth-order valence-electron chi connectivity index (χ4n) is 4.32. The van der Waals surface area contributed by atoms with Crippen molar-refractivity contribution in [3.05, 3.63) is 77.1 Å². The van der Waals surface area contributed by atoms with Crippen LogP contribution in [0.2, 0.25) is 0 Å². The average molecular weight is 420 g/mol. The molecule has 0 fully saturated rings. The second-order valence-corrected chi connectivity index (χ2v) is 7.48. The summed E-state index contributed by atoms with van der Waals surface area (Å²) in [6, 6.07) is 15.4. The predicted molar refractivity (Wildman–Crippen MR) is 116 cm³/mol. The molecule has 1 aliphatic heterocycles. The molecule has 0 aliphatic carbocycles. The summed E-state index contributed by atoms with van der Waals surface area (Å²) in [6.07, 6.45) is 1.93. The van der Waals surface area contributed by atoms with E-state index in [2.05, 4.69) is 11.1 Å². The van der Waals surface area contributed by atoms with Gasteiger partial charge in [-0.2, -0.15) is 0 Å². The molecule has 0 saturated heterocycles. The first-order valence-corrected chi connectivity index (χ1v) is 10.2. The fraction of sp³-hybridized carbons (Fsp3) is 0.250. The van der Waals surface area contributed by atoms with Gasteiger partial charge in [0.25, 0.3) is 0 Å². The van der Waals surface area contributed by atoms with Gasteiger partial charge in [0, 0.05) is 23.1 Å². The molecule has 2 aromatic carbocycles. The van der Waals surface area contributed by atoms with E-state index in [0.29, 0.717) is 26.0 Å². The number of aromatic nitrogens is 1. The van der Waals surface area contributed by atoms with Gasteiger partial charge in [-0.05, 0) is 49.1 Å². The maximum atomic E-state index is 11.9. The number of fused-ring (bicyclic) bond motifs is 3. The lowest BCUT2D eigenvalue weighted by Crippen LogP contribution is -2.38. The minimum absolute atomic E-state index is 0.215. The van der Waals surface area contributed by atoms with Crippen molar-refractivity contribution in [3.63, 3.8) is 0 Å². The third-order valence-electron chi connectivity index (χ3n) is 5.61. The van der Waals surface area contributed by atoms with Crippen LogP contribution in [0.4, 0.5) is 0 Å². The highest BCUT2D eigenvalue weighted by atomic mass is 16.5. The Morgan fingerprint density at radius 1 is 1.16 bits per heavy atom. The van der Waals surface area contributed by atoms with Crippen LogP contribution in [-0.4, -0.2) is 45.2 Å². The molecule has 31 heavy (non-hydrogen) atoms. The van der Waals surface area contributed by atoms with Crippen LogP contribution in [0, 0.1) is 0 Å². The van der Waals surface area contributed by atoms with Crippen molar-refractivity contribution in [1.82, 2.24) is 9.88 Å². The Balaban J connectivity index is 1.78. The number of rotatable bonds is 7. The largest absolute Gasteiger partial charge is 0.494 e. The van der Waals surface area contributed by atoms with Crippen molar-refractivity contribution in [2.45, 2.75) is 25.8 Å². The summed E-state index contributed by atoms with van der Waals surface area (Å²) in [6.45, 7) is 2.92. The number of aromatic amines is 1. The number of nitrogens with zero attached hydrogens (tertiary/aromatic N) is 1. The molecule has 0 radical (unpaired) electrons. The van der Waals surface area contributed by atoms with Gasteiger partial charge in [-0.1, -0.05) is 30.3 Å².